The monoisotopic (exact) mass is 686 g/mol. The second-order valence-corrected chi connectivity index (χ2v) is 10.5. The van der Waals surface area contributed by atoms with Gasteiger partial charge in [-0.25, -0.2) is 14.6 Å². The molecule has 1 atom stereocenters. The Morgan fingerprint density at radius 2 is 1.61 bits per heavy atom. The van der Waals surface area contributed by atoms with Crippen LogP contribution in [0.15, 0.2) is 66.9 Å². The van der Waals surface area contributed by atoms with Crippen LogP contribution in [0.2, 0.25) is 0 Å². The molecular formula is C33H33F3N4O9. The van der Waals surface area contributed by atoms with Gasteiger partial charge in [0.25, 0.3) is 5.91 Å². The van der Waals surface area contributed by atoms with Gasteiger partial charge < -0.3 is 39.6 Å². The van der Waals surface area contributed by atoms with E-state index in [0.29, 0.717) is 39.4 Å². The number of nitrogens with zero attached hydrogens (tertiary/aromatic N) is 2. The highest BCUT2D eigenvalue weighted by Crippen LogP contribution is 2.34. The van der Waals surface area contributed by atoms with E-state index in [1.807, 2.05) is 0 Å². The molecule has 1 heterocycles. The van der Waals surface area contributed by atoms with Gasteiger partial charge in [-0.05, 0) is 73.8 Å². The van der Waals surface area contributed by atoms with Crippen molar-refractivity contribution in [1.82, 2.24) is 10.3 Å². The van der Waals surface area contributed by atoms with Crippen molar-refractivity contribution in [1.29, 1.82) is 0 Å². The van der Waals surface area contributed by atoms with Crippen molar-refractivity contribution in [3.05, 3.63) is 78.0 Å². The average Bonchev–Trinajstić information content (AvgIpc) is 3.07. The minimum atomic E-state index is -5.41. The number of nitrogens with two attached hydrogens (primary N) is 1. The SMILES string of the molecule is COC(=O)N(OC(=O)C(F)(F)F)c1ccc(OC(C)C)c(CNC(=O)C(Oc2ccc3c(N)nccc3c2)c2ccc(OC)c(OC)c2)c1. The van der Waals surface area contributed by atoms with Crippen LogP contribution in [0.5, 0.6) is 23.0 Å². The van der Waals surface area contributed by atoms with Gasteiger partial charge in [-0.1, -0.05) is 6.07 Å². The summed E-state index contributed by atoms with van der Waals surface area (Å²) in [5, 5.41) is 4.18. The molecule has 3 N–H and O–H groups in total. The minimum Gasteiger partial charge on any atom is -0.493 e. The number of fused-ring (bicyclic) bond motifs is 1. The zero-order valence-corrected chi connectivity index (χ0v) is 27.0. The molecule has 13 nitrogen and oxygen atoms in total. The van der Waals surface area contributed by atoms with Crippen LogP contribution in [-0.2, 0) is 25.7 Å². The second-order valence-electron chi connectivity index (χ2n) is 10.5. The maximum Gasteiger partial charge on any atom is 0.493 e. The van der Waals surface area contributed by atoms with E-state index in [2.05, 4.69) is 19.9 Å². The number of pyridine rings is 1. The van der Waals surface area contributed by atoms with E-state index < -0.39 is 30.2 Å². The smallest absolute Gasteiger partial charge is 0.493 e. The number of alkyl halides is 3. The number of anilines is 2. The molecule has 1 aromatic heterocycles. The zero-order chi connectivity index (χ0) is 35.9. The van der Waals surface area contributed by atoms with Crippen molar-refractivity contribution >= 4 is 40.2 Å². The van der Waals surface area contributed by atoms with Crippen molar-refractivity contribution in [3.8, 4) is 23.0 Å². The van der Waals surface area contributed by atoms with E-state index in [0.717, 1.165) is 7.11 Å². The van der Waals surface area contributed by atoms with Gasteiger partial charge in [-0.15, -0.1) is 5.06 Å². The molecule has 4 rings (SSSR count). The molecule has 2 amide bonds. The summed E-state index contributed by atoms with van der Waals surface area (Å²) in [6, 6.07) is 15.3. The Kier molecular flexibility index (Phi) is 11.2. The van der Waals surface area contributed by atoms with Gasteiger partial charge >= 0.3 is 18.2 Å². The molecule has 0 aliphatic carbocycles. The number of carbonyl (C=O) groups is 3. The van der Waals surface area contributed by atoms with Crippen LogP contribution in [0.3, 0.4) is 0 Å². The van der Waals surface area contributed by atoms with Gasteiger partial charge in [0.2, 0.25) is 6.10 Å². The number of hydrogen-bond acceptors (Lipinski definition) is 11. The first kappa shape index (κ1) is 35.9. The topological polar surface area (TPSA) is 161 Å². The van der Waals surface area contributed by atoms with E-state index in [-0.39, 0.29) is 34.7 Å². The lowest BCUT2D eigenvalue weighted by atomic mass is 10.1. The third kappa shape index (κ3) is 8.71. The Bertz CT molecular complexity index is 1840. The lowest BCUT2D eigenvalue weighted by Crippen LogP contribution is -2.38. The number of hydroxylamine groups is 1. The molecule has 0 aliphatic rings. The summed E-state index contributed by atoms with van der Waals surface area (Å²) < 4.78 is 66.3. The third-order valence-corrected chi connectivity index (χ3v) is 6.81. The van der Waals surface area contributed by atoms with Gasteiger partial charge in [-0.2, -0.15) is 13.2 Å². The summed E-state index contributed by atoms with van der Waals surface area (Å²) >= 11 is 0. The predicted octanol–water partition coefficient (Wildman–Crippen LogP) is 5.65. The van der Waals surface area contributed by atoms with Crippen LogP contribution in [0.1, 0.15) is 31.1 Å². The lowest BCUT2D eigenvalue weighted by molar-refractivity contribution is -0.200. The van der Waals surface area contributed by atoms with Crippen LogP contribution in [-0.4, -0.2) is 56.6 Å². The summed E-state index contributed by atoms with van der Waals surface area (Å²) in [7, 11) is 3.79. The number of nitrogens with one attached hydrogen (secondary N) is 1. The van der Waals surface area contributed by atoms with E-state index in [9.17, 15) is 27.6 Å². The maximum atomic E-state index is 13.9. The van der Waals surface area contributed by atoms with Crippen LogP contribution in [0, 0.1) is 0 Å². The van der Waals surface area contributed by atoms with E-state index in [1.54, 1.807) is 56.3 Å². The molecule has 49 heavy (non-hydrogen) atoms. The van der Waals surface area contributed by atoms with Gasteiger partial charge in [0.05, 0.1) is 33.1 Å². The summed E-state index contributed by atoms with van der Waals surface area (Å²) in [5.41, 5.74) is 6.25. The minimum absolute atomic E-state index is 0.0395. The van der Waals surface area contributed by atoms with Gasteiger partial charge in [0.1, 0.15) is 17.3 Å². The molecule has 16 heteroatoms. The number of nitrogen functional groups attached to an aromatic ring is 1. The number of amides is 2. The van der Waals surface area contributed by atoms with E-state index in [4.69, 9.17) is 24.7 Å². The fourth-order valence-electron chi connectivity index (χ4n) is 4.56. The first-order chi connectivity index (χ1) is 23.2. The highest BCUT2D eigenvalue weighted by Gasteiger charge is 2.44. The van der Waals surface area contributed by atoms with Gasteiger partial charge in [0, 0.05) is 29.3 Å². The average molecular weight is 687 g/mol. The highest BCUT2D eigenvalue weighted by atomic mass is 19.4. The number of methoxy groups -OCH3 is 3. The molecule has 3 aromatic carbocycles. The van der Waals surface area contributed by atoms with E-state index >= 15 is 0 Å². The highest BCUT2D eigenvalue weighted by molar-refractivity contribution is 5.92. The van der Waals surface area contributed by atoms with Gasteiger partial charge in [-0.3, -0.25) is 4.79 Å². The molecule has 1 unspecified atom stereocenters. The van der Waals surface area contributed by atoms with Crippen LogP contribution in [0.4, 0.5) is 29.5 Å². The summed E-state index contributed by atoms with van der Waals surface area (Å²) in [4.78, 5) is 46.2. The zero-order valence-electron chi connectivity index (χ0n) is 27.0. The number of benzene rings is 3. The van der Waals surface area contributed by atoms with Crippen molar-refractivity contribution in [3.63, 3.8) is 0 Å². The van der Waals surface area contributed by atoms with Crippen LogP contribution in [0.25, 0.3) is 10.8 Å². The van der Waals surface area contributed by atoms with Crippen molar-refractivity contribution in [2.75, 3.05) is 32.1 Å². The molecule has 4 aromatic rings. The number of hydrogen-bond donors (Lipinski definition) is 2. The van der Waals surface area contributed by atoms with Gasteiger partial charge in [0.15, 0.2) is 11.5 Å². The van der Waals surface area contributed by atoms with Crippen LogP contribution < -0.4 is 35.1 Å². The molecule has 0 saturated heterocycles. The summed E-state index contributed by atoms with van der Waals surface area (Å²) in [5.74, 6) is -1.70. The second kappa shape index (κ2) is 15.3. The quantitative estimate of drug-likeness (QED) is 0.188. The number of ether oxygens (including phenoxy) is 5. The Hall–Kier alpha value is -5.93. The number of halogens is 3. The summed E-state index contributed by atoms with van der Waals surface area (Å²) in [6.07, 6.45) is -6.92. The Morgan fingerprint density at radius 3 is 2.27 bits per heavy atom. The standard InChI is InChI=1S/C33H33F3N4O9/c1-18(2)47-25-11-7-22(40(32(43)46-5)49-31(42)33(34,35)36)14-21(25)17-39-30(41)28(20-6-10-26(44-3)27(16-20)45-4)48-23-8-9-24-19(15-23)12-13-38-29(24)37/h6-16,18,28H,17H2,1-5H3,(H2,37,38)(H,39,41). The van der Waals surface area contributed by atoms with E-state index in [1.165, 1.54) is 38.6 Å². The molecule has 0 fully saturated rings. The number of carbonyl (C=O) groups excluding carboxylic acids is 3. The molecule has 0 spiro atoms. The number of rotatable bonds is 11. The van der Waals surface area contributed by atoms with Crippen molar-refractivity contribution < 1.29 is 56.1 Å². The maximum absolute atomic E-state index is 13.9. The molecule has 0 saturated carbocycles. The Balaban J connectivity index is 1.70. The number of aromatic nitrogens is 1. The molecule has 260 valence electrons. The summed E-state index contributed by atoms with van der Waals surface area (Å²) in [6.45, 7) is 3.19. The Morgan fingerprint density at radius 1 is 0.898 bits per heavy atom. The Labute approximate surface area is 278 Å². The molecule has 0 radical (unpaired) electrons. The normalized spacial score (nSPS) is 11.8. The first-order valence-electron chi connectivity index (χ1n) is 14.5. The molecular weight excluding hydrogens is 653 g/mol. The fourth-order valence-corrected chi connectivity index (χ4v) is 4.56. The predicted molar refractivity (Wildman–Crippen MR) is 170 cm³/mol. The van der Waals surface area contributed by atoms with Crippen molar-refractivity contribution in [2.45, 2.75) is 38.8 Å². The molecule has 0 bridgehead atoms. The fraction of sp³-hybridized carbons (Fsp3) is 0.273. The van der Waals surface area contributed by atoms with Crippen molar-refractivity contribution in [2.24, 2.45) is 0 Å². The lowest BCUT2D eigenvalue weighted by Gasteiger charge is -2.23. The first-order valence-corrected chi connectivity index (χ1v) is 14.5. The van der Waals surface area contributed by atoms with Crippen LogP contribution >= 0.6 is 0 Å². The third-order valence-electron chi connectivity index (χ3n) is 6.81. The largest absolute Gasteiger partial charge is 0.493 e. The molecule has 0 aliphatic heterocycles.